The summed E-state index contributed by atoms with van der Waals surface area (Å²) < 4.78 is 34.6. The Kier molecular flexibility index (Phi) is 5.01. The molecule has 0 saturated carbocycles. The van der Waals surface area contributed by atoms with Crippen LogP contribution in [0.4, 0.5) is 0 Å². The molecule has 6 nitrogen and oxygen atoms in total. The van der Waals surface area contributed by atoms with Crippen LogP contribution in [-0.4, -0.2) is 55.3 Å². The molecule has 0 radical (unpaired) electrons. The monoisotopic (exact) mass is 389 g/mol. The molecule has 7 heteroatoms. The summed E-state index contributed by atoms with van der Waals surface area (Å²) in [4.78, 5) is 3.30. The second kappa shape index (κ2) is 7.30. The average molecular weight is 390 g/mol. The van der Waals surface area contributed by atoms with E-state index in [0.29, 0.717) is 38.5 Å². The molecule has 3 heterocycles. The number of H-pyrrole nitrogens is 1. The minimum atomic E-state index is -3.37. The van der Waals surface area contributed by atoms with Crippen molar-refractivity contribution in [1.29, 1.82) is 0 Å². The largest absolute Gasteiger partial charge is 0.497 e. The zero-order valence-electron chi connectivity index (χ0n) is 15.9. The number of nitrogens with zero attached hydrogens (tertiary/aromatic N) is 2. The van der Waals surface area contributed by atoms with Crippen molar-refractivity contribution in [3.63, 3.8) is 0 Å². The van der Waals surface area contributed by atoms with Crippen molar-refractivity contribution in [3.05, 3.63) is 36.0 Å². The Balaban J connectivity index is 1.55. The fourth-order valence-corrected chi connectivity index (χ4v) is 5.83. The van der Waals surface area contributed by atoms with Crippen LogP contribution in [0.1, 0.15) is 31.7 Å². The van der Waals surface area contributed by atoms with Crippen LogP contribution in [-0.2, 0) is 10.2 Å². The van der Waals surface area contributed by atoms with Gasteiger partial charge in [-0.15, -0.1) is 0 Å². The van der Waals surface area contributed by atoms with Gasteiger partial charge in [0.25, 0.3) is 10.2 Å². The lowest BCUT2D eigenvalue weighted by molar-refractivity contribution is 0.260. The highest BCUT2D eigenvalue weighted by atomic mass is 32.2. The molecule has 0 amide bonds. The Morgan fingerprint density at radius 1 is 1.22 bits per heavy atom. The van der Waals surface area contributed by atoms with Crippen LogP contribution in [0.2, 0.25) is 0 Å². The van der Waals surface area contributed by atoms with Gasteiger partial charge in [0.2, 0.25) is 0 Å². The van der Waals surface area contributed by atoms with E-state index in [1.54, 1.807) is 15.7 Å². The highest BCUT2D eigenvalue weighted by Gasteiger charge is 2.33. The fourth-order valence-electron chi connectivity index (χ4n) is 4.12. The Hall–Kier alpha value is -1.83. The molecule has 0 aliphatic carbocycles. The number of fused-ring (bicyclic) bond motifs is 1. The van der Waals surface area contributed by atoms with Gasteiger partial charge in [-0.25, -0.2) is 0 Å². The third-order valence-electron chi connectivity index (χ3n) is 5.68. The first-order chi connectivity index (χ1) is 13.0. The summed E-state index contributed by atoms with van der Waals surface area (Å²) in [5.41, 5.74) is 3.38. The van der Waals surface area contributed by atoms with E-state index >= 15 is 0 Å². The zero-order chi connectivity index (χ0) is 19.0. The van der Waals surface area contributed by atoms with E-state index in [4.69, 9.17) is 4.74 Å². The molecule has 1 N–H and O–H groups in total. The van der Waals surface area contributed by atoms with E-state index < -0.39 is 10.2 Å². The van der Waals surface area contributed by atoms with Crippen molar-refractivity contribution >= 4 is 26.7 Å². The predicted octanol–water partition coefficient (Wildman–Crippen LogP) is 3.24. The lowest BCUT2D eigenvalue weighted by Crippen LogP contribution is -2.48. The molecule has 4 rings (SSSR count). The summed E-state index contributed by atoms with van der Waals surface area (Å²) >= 11 is 0. The Morgan fingerprint density at radius 3 is 2.78 bits per heavy atom. The highest BCUT2D eigenvalue weighted by Crippen LogP contribution is 2.32. The van der Waals surface area contributed by atoms with Gasteiger partial charge in [0.15, 0.2) is 0 Å². The number of benzene rings is 1. The second-order valence-corrected chi connectivity index (χ2v) is 9.49. The molecule has 0 spiro atoms. The van der Waals surface area contributed by atoms with Gasteiger partial charge in [-0.3, -0.25) is 0 Å². The van der Waals surface area contributed by atoms with E-state index in [1.807, 2.05) is 24.4 Å². The first kappa shape index (κ1) is 18.5. The maximum absolute atomic E-state index is 13.0. The number of ether oxygens (including phenoxy) is 1. The maximum atomic E-state index is 13.0. The third-order valence-corrected chi connectivity index (χ3v) is 7.65. The number of hydrogen-bond acceptors (Lipinski definition) is 3. The number of rotatable bonds is 4. The Morgan fingerprint density at radius 2 is 2.07 bits per heavy atom. The summed E-state index contributed by atoms with van der Waals surface area (Å²) in [5, 5.41) is 1.11. The normalized spacial score (nSPS) is 22.7. The molecular formula is C20H27N3O3S. The van der Waals surface area contributed by atoms with Gasteiger partial charge in [-0.2, -0.15) is 17.0 Å². The number of hydrogen-bond donors (Lipinski definition) is 1. The lowest BCUT2D eigenvalue weighted by Gasteiger charge is -2.35. The first-order valence-corrected chi connectivity index (χ1v) is 11.0. The van der Waals surface area contributed by atoms with Crippen LogP contribution in [0, 0.1) is 5.92 Å². The molecule has 146 valence electrons. The second-order valence-electron chi connectivity index (χ2n) is 7.56. The summed E-state index contributed by atoms with van der Waals surface area (Å²) in [7, 11) is -1.70. The van der Waals surface area contributed by atoms with Gasteiger partial charge in [0.1, 0.15) is 5.75 Å². The standard InChI is InChI=1S/C20H27N3O3S/c1-15-4-3-9-23(14-15)27(24,25)22-10-7-16(8-11-22)19-13-21-20-6-5-17(26-2)12-18(19)20/h5-7,12-13,15,21H,3-4,8-11,14H2,1-2H3. The van der Waals surface area contributed by atoms with E-state index in [1.165, 1.54) is 5.57 Å². The quantitative estimate of drug-likeness (QED) is 0.873. The molecule has 1 aromatic heterocycles. The van der Waals surface area contributed by atoms with E-state index in [-0.39, 0.29) is 0 Å². The van der Waals surface area contributed by atoms with Crippen molar-refractivity contribution in [2.75, 3.05) is 33.3 Å². The molecule has 1 saturated heterocycles. The van der Waals surface area contributed by atoms with Gasteiger partial charge in [0, 0.05) is 48.8 Å². The van der Waals surface area contributed by atoms with Gasteiger partial charge >= 0.3 is 0 Å². The lowest BCUT2D eigenvalue weighted by atomic mass is 9.99. The SMILES string of the molecule is COc1ccc2[nH]cc(C3=CCN(S(=O)(=O)N4CCCC(C)C4)CC3)c2c1. The minimum Gasteiger partial charge on any atom is -0.497 e. The summed E-state index contributed by atoms with van der Waals surface area (Å²) in [6.07, 6.45) is 6.84. The molecule has 1 fully saturated rings. The summed E-state index contributed by atoms with van der Waals surface area (Å²) in [6.45, 7) is 4.36. The topological polar surface area (TPSA) is 65.6 Å². The van der Waals surface area contributed by atoms with Crippen molar-refractivity contribution in [3.8, 4) is 5.75 Å². The Bertz CT molecular complexity index is 964. The predicted molar refractivity (Wildman–Crippen MR) is 108 cm³/mol. The van der Waals surface area contributed by atoms with E-state index in [9.17, 15) is 8.42 Å². The molecule has 1 atom stereocenters. The number of aromatic nitrogens is 1. The maximum Gasteiger partial charge on any atom is 0.282 e. The third kappa shape index (κ3) is 3.51. The van der Waals surface area contributed by atoms with Crippen LogP contribution in [0.3, 0.4) is 0 Å². The number of aromatic amines is 1. The molecule has 2 aromatic rings. The average Bonchev–Trinajstić information content (AvgIpc) is 3.11. The zero-order valence-corrected chi connectivity index (χ0v) is 16.8. The molecule has 1 unspecified atom stereocenters. The Labute approximate surface area is 161 Å². The van der Waals surface area contributed by atoms with Crippen molar-refractivity contribution < 1.29 is 13.2 Å². The van der Waals surface area contributed by atoms with Crippen LogP contribution in [0.5, 0.6) is 5.75 Å². The van der Waals surface area contributed by atoms with Crippen LogP contribution < -0.4 is 4.74 Å². The summed E-state index contributed by atoms with van der Waals surface area (Å²) in [5.74, 6) is 1.26. The molecule has 2 aliphatic heterocycles. The van der Waals surface area contributed by atoms with Gasteiger partial charge < -0.3 is 9.72 Å². The smallest absolute Gasteiger partial charge is 0.282 e. The van der Waals surface area contributed by atoms with E-state index in [2.05, 4.69) is 18.0 Å². The van der Waals surface area contributed by atoms with Gasteiger partial charge in [-0.1, -0.05) is 13.0 Å². The molecule has 0 bridgehead atoms. The minimum absolute atomic E-state index is 0.430. The van der Waals surface area contributed by atoms with Crippen LogP contribution in [0.15, 0.2) is 30.5 Å². The van der Waals surface area contributed by atoms with Crippen LogP contribution in [0.25, 0.3) is 16.5 Å². The molecule has 27 heavy (non-hydrogen) atoms. The molecule has 2 aliphatic rings. The van der Waals surface area contributed by atoms with Crippen molar-refractivity contribution in [2.24, 2.45) is 5.92 Å². The highest BCUT2D eigenvalue weighted by molar-refractivity contribution is 7.86. The fraction of sp³-hybridized carbons (Fsp3) is 0.500. The number of nitrogens with one attached hydrogen (secondary N) is 1. The first-order valence-electron chi connectivity index (χ1n) is 9.59. The van der Waals surface area contributed by atoms with Crippen LogP contribution >= 0.6 is 0 Å². The van der Waals surface area contributed by atoms with Crippen molar-refractivity contribution in [1.82, 2.24) is 13.6 Å². The number of piperidine rings is 1. The molecular weight excluding hydrogens is 362 g/mol. The van der Waals surface area contributed by atoms with Crippen molar-refractivity contribution in [2.45, 2.75) is 26.2 Å². The van der Waals surface area contributed by atoms with Gasteiger partial charge in [0.05, 0.1) is 7.11 Å². The van der Waals surface area contributed by atoms with Gasteiger partial charge in [-0.05, 0) is 49.0 Å². The van der Waals surface area contributed by atoms with E-state index in [0.717, 1.165) is 35.1 Å². The number of methoxy groups -OCH3 is 1. The molecule has 1 aromatic carbocycles. The summed E-state index contributed by atoms with van der Waals surface area (Å²) in [6, 6.07) is 5.97.